The number of rotatable bonds is 2. The Morgan fingerprint density at radius 3 is 2.58 bits per heavy atom. The monoisotopic (exact) mass is 321 g/mol. The van der Waals surface area contributed by atoms with Crippen molar-refractivity contribution in [1.82, 2.24) is 4.90 Å². The van der Waals surface area contributed by atoms with E-state index in [-0.39, 0.29) is 17.7 Å². The van der Waals surface area contributed by atoms with E-state index < -0.39 is 0 Å². The fraction of sp³-hybridized carbons (Fsp3) is 0.455. The molecule has 1 aliphatic heterocycles. The molecule has 2 heterocycles. The first-order valence-corrected chi connectivity index (χ1v) is 7.31. The van der Waals surface area contributed by atoms with Crippen LogP contribution in [0.25, 0.3) is 0 Å². The van der Waals surface area contributed by atoms with Gasteiger partial charge in [0.1, 0.15) is 10.2 Å². The Kier molecular flexibility index (Phi) is 4.54. The van der Waals surface area contributed by atoms with Crippen LogP contribution in [0.5, 0.6) is 0 Å². The first-order chi connectivity index (χ1) is 9.02. The van der Waals surface area contributed by atoms with Crippen LogP contribution in [0.15, 0.2) is 11.2 Å². The number of nitrogens with two attached hydrogens (primary N) is 1. The van der Waals surface area contributed by atoms with Gasteiger partial charge in [0.05, 0.1) is 9.90 Å². The maximum absolute atomic E-state index is 12.3. The van der Waals surface area contributed by atoms with Gasteiger partial charge in [-0.25, -0.2) is 0 Å². The van der Waals surface area contributed by atoms with Crippen LogP contribution in [0.2, 0.25) is 8.67 Å². The minimum atomic E-state index is -0.119. The molecule has 2 rings (SSSR count). The van der Waals surface area contributed by atoms with Crippen LogP contribution in [0.1, 0.15) is 23.2 Å². The normalized spacial score (nSPS) is 17.8. The van der Waals surface area contributed by atoms with E-state index in [0.29, 0.717) is 40.2 Å². The second kappa shape index (κ2) is 5.98. The standard InChI is InChI=1S/C11H13Cl2N3O2S/c12-8-5-7(9(13)19-8)11(17)16-3-1-6(2-4-16)10(14)15-18/h5-6,18H,1-4H2,(H2,14,15). The van der Waals surface area contributed by atoms with Crippen molar-refractivity contribution in [2.24, 2.45) is 16.8 Å². The zero-order valence-corrected chi connectivity index (χ0v) is 12.3. The van der Waals surface area contributed by atoms with Gasteiger partial charge < -0.3 is 15.8 Å². The molecule has 1 amide bonds. The van der Waals surface area contributed by atoms with Crippen LogP contribution in [-0.4, -0.2) is 34.9 Å². The average Bonchev–Trinajstić information content (AvgIpc) is 2.76. The third-order valence-corrected chi connectivity index (χ3v) is 4.69. The number of amides is 1. The summed E-state index contributed by atoms with van der Waals surface area (Å²) in [6, 6.07) is 1.59. The van der Waals surface area contributed by atoms with Gasteiger partial charge in [-0.2, -0.15) is 0 Å². The molecule has 1 fully saturated rings. The Morgan fingerprint density at radius 1 is 1.47 bits per heavy atom. The number of carbonyl (C=O) groups is 1. The molecule has 3 N–H and O–H groups in total. The van der Waals surface area contributed by atoms with Crippen LogP contribution < -0.4 is 5.73 Å². The largest absolute Gasteiger partial charge is 0.409 e. The van der Waals surface area contributed by atoms with Gasteiger partial charge in [0.2, 0.25) is 0 Å². The number of likely N-dealkylation sites (tertiary alicyclic amines) is 1. The van der Waals surface area contributed by atoms with Crippen molar-refractivity contribution in [2.45, 2.75) is 12.8 Å². The highest BCUT2D eigenvalue weighted by Crippen LogP contribution is 2.32. The molecule has 0 aliphatic carbocycles. The second-order valence-electron chi connectivity index (χ2n) is 4.33. The van der Waals surface area contributed by atoms with E-state index in [9.17, 15) is 4.79 Å². The molecule has 1 aromatic heterocycles. The Morgan fingerprint density at radius 2 is 2.11 bits per heavy atom. The van der Waals surface area contributed by atoms with Crippen molar-refractivity contribution in [3.63, 3.8) is 0 Å². The molecule has 104 valence electrons. The smallest absolute Gasteiger partial charge is 0.256 e. The van der Waals surface area contributed by atoms with Gasteiger partial charge in [0.15, 0.2) is 0 Å². The van der Waals surface area contributed by atoms with Gasteiger partial charge >= 0.3 is 0 Å². The molecule has 5 nitrogen and oxygen atoms in total. The van der Waals surface area contributed by atoms with E-state index in [1.165, 1.54) is 11.3 Å². The second-order valence-corrected chi connectivity index (χ2v) is 6.61. The maximum Gasteiger partial charge on any atom is 0.256 e. The Hall–Kier alpha value is -0.980. The SMILES string of the molecule is N/C(=N/O)C1CCN(C(=O)c2cc(Cl)sc2Cl)CC1. The molecule has 0 spiro atoms. The van der Waals surface area contributed by atoms with Crippen LogP contribution in [0, 0.1) is 5.92 Å². The molecule has 19 heavy (non-hydrogen) atoms. The van der Waals surface area contributed by atoms with Crippen LogP contribution in [-0.2, 0) is 0 Å². The van der Waals surface area contributed by atoms with Crippen molar-refractivity contribution in [3.05, 3.63) is 20.3 Å². The third-order valence-electron chi connectivity index (χ3n) is 3.20. The Balaban J connectivity index is 2.02. The van der Waals surface area contributed by atoms with Gasteiger partial charge in [0.25, 0.3) is 5.91 Å². The summed E-state index contributed by atoms with van der Waals surface area (Å²) in [7, 11) is 0. The number of piperidine rings is 1. The van der Waals surface area contributed by atoms with Crippen molar-refractivity contribution >= 4 is 46.3 Å². The quantitative estimate of drug-likeness (QED) is 0.380. The number of halogens is 2. The predicted octanol–water partition coefficient (Wildman–Crippen LogP) is 2.65. The highest BCUT2D eigenvalue weighted by atomic mass is 35.5. The maximum atomic E-state index is 12.3. The van der Waals surface area contributed by atoms with Crippen molar-refractivity contribution < 1.29 is 10.0 Å². The fourth-order valence-electron chi connectivity index (χ4n) is 2.12. The van der Waals surface area contributed by atoms with Gasteiger partial charge in [-0.1, -0.05) is 28.4 Å². The van der Waals surface area contributed by atoms with Crippen molar-refractivity contribution in [3.8, 4) is 0 Å². The number of nitrogens with zero attached hydrogens (tertiary/aromatic N) is 2. The lowest BCUT2D eigenvalue weighted by Gasteiger charge is -2.31. The lowest BCUT2D eigenvalue weighted by Crippen LogP contribution is -2.41. The summed E-state index contributed by atoms with van der Waals surface area (Å²) in [6.07, 6.45) is 1.36. The third kappa shape index (κ3) is 3.13. The summed E-state index contributed by atoms with van der Waals surface area (Å²) < 4.78 is 0.911. The molecule has 0 atom stereocenters. The fourth-order valence-corrected chi connectivity index (χ4v) is 3.56. The highest BCUT2D eigenvalue weighted by Gasteiger charge is 2.27. The number of hydrogen-bond acceptors (Lipinski definition) is 4. The molecule has 0 saturated carbocycles. The molecule has 1 aliphatic rings. The van der Waals surface area contributed by atoms with Gasteiger partial charge in [0, 0.05) is 19.0 Å². The highest BCUT2D eigenvalue weighted by molar-refractivity contribution is 7.20. The molecular formula is C11H13Cl2N3O2S. The van der Waals surface area contributed by atoms with E-state index in [2.05, 4.69) is 5.16 Å². The average molecular weight is 322 g/mol. The molecule has 1 saturated heterocycles. The molecular weight excluding hydrogens is 309 g/mol. The topological polar surface area (TPSA) is 78.9 Å². The molecule has 0 unspecified atom stereocenters. The number of carbonyl (C=O) groups excluding carboxylic acids is 1. The minimum absolute atomic E-state index is 0.0237. The van der Waals surface area contributed by atoms with E-state index in [4.69, 9.17) is 34.1 Å². The van der Waals surface area contributed by atoms with Crippen molar-refractivity contribution in [2.75, 3.05) is 13.1 Å². The van der Waals surface area contributed by atoms with Crippen LogP contribution >= 0.6 is 34.5 Å². The zero-order chi connectivity index (χ0) is 14.0. The predicted molar refractivity (Wildman–Crippen MR) is 76.4 cm³/mol. The van der Waals surface area contributed by atoms with Gasteiger partial charge in [-0.15, -0.1) is 11.3 Å². The molecule has 0 bridgehead atoms. The number of oxime groups is 1. The van der Waals surface area contributed by atoms with Gasteiger partial charge in [-0.05, 0) is 18.9 Å². The van der Waals surface area contributed by atoms with E-state index in [0.717, 1.165) is 0 Å². The minimum Gasteiger partial charge on any atom is -0.409 e. The lowest BCUT2D eigenvalue weighted by molar-refractivity contribution is 0.0710. The zero-order valence-electron chi connectivity index (χ0n) is 9.97. The summed E-state index contributed by atoms with van der Waals surface area (Å²) in [4.78, 5) is 14.0. The molecule has 8 heteroatoms. The summed E-state index contributed by atoms with van der Waals surface area (Å²) in [5.41, 5.74) is 6.01. The number of hydrogen-bond donors (Lipinski definition) is 2. The van der Waals surface area contributed by atoms with E-state index in [1.807, 2.05) is 0 Å². The van der Waals surface area contributed by atoms with Gasteiger partial charge in [-0.3, -0.25) is 4.79 Å². The first kappa shape index (κ1) is 14.4. The number of thiophene rings is 1. The van der Waals surface area contributed by atoms with E-state index >= 15 is 0 Å². The summed E-state index contributed by atoms with van der Waals surface area (Å²) in [5.74, 6) is 0.130. The molecule has 0 radical (unpaired) electrons. The van der Waals surface area contributed by atoms with E-state index in [1.54, 1.807) is 11.0 Å². The Bertz CT molecular complexity index is 510. The summed E-state index contributed by atoms with van der Waals surface area (Å²) in [5, 5.41) is 11.6. The molecule has 0 aromatic carbocycles. The van der Waals surface area contributed by atoms with Crippen LogP contribution in [0.3, 0.4) is 0 Å². The first-order valence-electron chi connectivity index (χ1n) is 5.74. The summed E-state index contributed by atoms with van der Waals surface area (Å²) in [6.45, 7) is 1.12. The summed E-state index contributed by atoms with van der Waals surface area (Å²) >= 11 is 13.0. The van der Waals surface area contributed by atoms with Crippen molar-refractivity contribution in [1.29, 1.82) is 0 Å². The Labute approximate surface area is 124 Å². The number of amidine groups is 1. The lowest BCUT2D eigenvalue weighted by atomic mass is 9.95. The van der Waals surface area contributed by atoms with Crippen LogP contribution in [0.4, 0.5) is 0 Å². The molecule has 1 aromatic rings.